The average Bonchev–Trinajstić information content (AvgIpc) is 2.54. The molecule has 1 aromatic heterocycles. The summed E-state index contributed by atoms with van der Waals surface area (Å²) in [7, 11) is 0. The van der Waals surface area contributed by atoms with Crippen LogP contribution in [0.25, 0.3) is 0 Å². The molecule has 1 atom stereocenters. The number of hydrogen-bond donors (Lipinski definition) is 1. The van der Waals surface area contributed by atoms with Crippen LogP contribution in [0.4, 0.5) is 0 Å². The lowest BCUT2D eigenvalue weighted by Crippen LogP contribution is -2.51. The summed E-state index contributed by atoms with van der Waals surface area (Å²) in [6.07, 6.45) is -0.386. The summed E-state index contributed by atoms with van der Waals surface area (Å²) >= 11 is 0. The molecule has 24 heavy (non-hydrogen) atoms. The summed E-state index contributed by atoms with van der Waals surface area (Å²) in [4.78, 5) is 20.8. The van der Waals surface area contributed by atoms with Gasteiger partial charge >= 0.3 is 0 Å². The third kappa shape index (κ3) is 4.31. The SMILES string of the molecule is Cc1nc(C(=O)N2CCN(CC(O)C(C)(C)C)CC2)ccc1C#N. The van der Waals surface area contributed by atoms with E-state index in [2.05, 4.69) is 16.0 Å². The van der Waals surface area contributed by atoms with E-state index in [9.17, 15) is 9.90 Å². The number of aliphatic hydroxyl groups excluding tert-OH is 1. The number of aliphatic hydroxyl groups is 1. The molecule has 1 amide bonds. The quantitative estimate of drug-likeness (QED) is 0.907. The molecule has 130 valence electrons. The molecule has 0 radical (unpaired) electrons. The average molecular weight is 330 g/mol. The Morgan fingerprint density at radius 2 is 1.96 bits per heavy atom. The number of carbonyl (C=O) groups is 1. The standard InChI is InChI=1S/C18H26N4O2/c1-13-14(11-19)5-6-15(20-13)17(24)22-9-7-21(8-10-22)12-16(23)18(2,3)4/h5-6,16,23H,7-10,12H2,1-4H3. The van der Waals surface area contributed by atoms with Crippen molar-refractivity contribution in [2.75, 3.05) is 32.7 Å². The largest absolute Gasteiger partial charge is 0.391 e. The van der Waals surface area contributed by atoms with Gasteiger partial charge in [0.25, 0.3) is 5.91 Å². The number of carbonyl (C=O) groups excluding carboxylic acids is 1. The monoisotopic (exact) mass is 330 g/mol. The van der Waals surface area contributed by atoms with Gasteiger partial charge in [-0.1, -0.05) is 20.8 Å². The lowest BCUT2D eigenvalue weighted by Gasteiger charge is -2.37. The van der Waals surface area contributed by atoms with Crippen LogP contribution in [0.3, 0.4) is 0 Å². The van der Waals surface area contributed by atoms with E-state index >= 15 is 0 Å². The molecule has 1 N–H and O–H groups in total. The predicted octanol–water partition coefficient (Wildman–Crippen LogP) is 1.43. The van der Waals surface area contributed by atoms with Crippen molar-refractivity contribution in [2.24, 2.45) is 5.41 Å². The zero-order valence-corrected chi connectivity index (χ0v) is 14.9. The minimum atomic E-state index is -0.386. The number of β-amino-alcohol motifs (C(OH)–C–C–N with tert-alkyl or cyclic N) is 1. The van der Waals surface area contributed by atoms with E-state index in [0.29, 0.717) is 36.6 Å². The molecule has 0 aliphatic carbocycles. The first-order valence-electron chi connectivity index (χ1n) is 8.30. The summed E-state index contributed by atoms with van der Waals surface area (Å²) in [6, 6.07) is 5.32. The van der Waals surface area contributed by atoms with Crippen molar-refractivity contribution < 1.29 is 9.90 Å². The molecule has 6 nitrogen and oxygen atoms in total. The number of nitriles is 1. The molecule has 0 bridgehead atoms. The van der Waals surface area contributed by atoms with Gasteiger partial charge in [-0.3, -0.25) is 9.69 Å². The second kappa shape index (κ2) is 7.29. The van der Waals surface area contributed by atoms with E-state index in [4.69, 9.17) is 5.26 Å². The van der Waals surface area contributed by atoms with Crippen molar-refractivity contribution in [1.29, 1.82) is 5.26 Å². The molecular formula is C18H26N4O2. The topological polar surface area (TPSA) is 80.5 Å². The molecule has 2 heterocycles. The van der Waals surface area contributed by atoms with Crippen LogP contribution < -0.4 is 0 Å². The molecule has 2 rings (SSSR count). The van der Waals surface area contributed by atoms with E-state index in [1.54, 1.807) is 24.0 Å². The molecule has 0 aromatic carbocycles. The Bertz CT molecular complexity index is 637. The smallest absolute Gasteiger partial charge is 0.272 e. The van der Waals surface area contributed by atoms with Gasteiger partial charge in [-0.25, -0.2) is 4.98 Å². The van der Waals surface area contributed by atoms with Crippen molar-refractivity contribution in [3.05, 3.63) is 29.1 Å². The van der Waals surface area contributed by atoms with Gasteiger partial charge in [0.05, 0.1) is 17.4 Å². The van der Waals surface area contributed by atoms with E-state index in [1.807, 2.05) is 20.8 Å². The van der Waals surface area contributed by atoms with Crippen LogP contribution in [-0.2, 0) is 0 Å². The van der Waals surface area contributed by atoms with Crippen LogP contribution in [0.15, 0.2) is 12.1 Å². The third-order valence-corrected chi connectivity index (χ3v) is 4.52. The number of amides is 1. The maximum Gasteiger partial charge on any atom is 0.272 e. The van der Waals surface area contributed by atoms with Gasteiger partial charge in [0, 0.05) is 32.7 Å². The number of piperazine rings is 1. The number of aryl methyl sites for hydroxylation is 1. The molecule has 1 aliphatic heterocycles. The predicted molar refractivity (Wildman–Crippen MR) is 91.5 cm³/mol. The zero-order chi connectivity index (χ0) is 17.9. The Kier molecular flexibility index (Phi) is 5.58. The maximum absolute atomic E-state index is 12.6. The highest BCUT2D eigenvalue weighted by molar-refractivity contribution is 5.92. The normalized spacial score (nSPS) is 17.4. The van der Waals surface area contributed by atoms with E-state index < -0.39 is 0 Å². The van der Waals surface area contributed by atoms with Gasteiger partial charge < -0.3 is 10.0 Å². The lowest BCUT2D eigenvalue weighted by atomic mass is 9.89. The summed E-state index contributed by atoms with van der Waals surface area (Å²) in [6.45, 7) is 11.2. The second-order valence-corrected chi connectivity index (χ2v) is 7.42. The molecule has 6 heteroatoms. The van der Waals surface area contributed by atoms with E-state index in [0.717, 1.165) is 13.1 Å². The first-order valence-corrected chi connectivity index (χ1v) is 8.30. The van der Waals surface area contributed by atoms with E-state index in [1.165, 1.54) is 0 Å². The van der Waals surface area contributed by atoms with Crippen LogP contribution in [0.5, 0.6) is 0 Å². The molecule has 1 aromatic rings. The number of pyridine rings is 1. The van der Waals surface area contributed by atoms with Crippen molar-refractivity contribution in [3.8, 4) is 6.07 Å². The van der Waals surface area contributed by atoms with Crippen LogP contribution >= 0.6 is 0 Å². The highest BCUT2D eigenvalue weighted by atomic mass is 16.3. The number of hydrogen-bond acceptors (Lipinski definition) is 5. The number of nitrogens with zero attached hydrogens (tertiary/aromatic N) is 4. The Hall–Kier alpha value is -1.97. The van der Waals surface area contributed by atoms with E-state index in [-0.39, 0.29) is 17.4 Å². The summed E-state index contributed by atoms with van der Waals surface area (Å²) < 4.78 is 0. The van der Waals surface area contributed by atoms with Crippen LogP contribution in [-0.4, -0.2) is 64.6 Å². The minimum Gasteiger partial charge on any atom is -0.391 e. The first kappa shape index (κ1) is 18.4. The van der Waals surface area contributed by atoms with Gasteiger partial charge in [-0.15, -0.1) is 0 Å². The number of rotatable bonds is 3. The molecule has 1 aliphatic rings. The highest BCUT2D eigenvalue weighted by Crippen LogP contribution is 2.20. The van der Waals surface area contributed by atoms with Crippen molar-refractivity contribution >= 4 is 5.91 Å². The minimum absolute atomic E-state index is 0.0985. The fraction of sp³-hybridized carbons (Fsp3) is 0.611. The molecule has 0 spiro atoms. The zero-order valence-electron chi connectivity index (χ0n) is 14.9. The molecule has 1 unspecified atom stereocenters. The van der Waals surface area contributed by atoms with Gasteiger partial charge in [0.2, 0.25) is 0 Å². The Labute approximate surface area is 143 Å². The summed E-state index contributed by atoms with van der Waals surface area (Å²) in [5.41, 5.74) is 1.31. The second-order valence-electron chi connectivity index (χ2n) is 7.42. The molecular weight excluding hydrogens is 304 g/mol. The molecule has 1 fully saturated rings. The fourth-order valence-electron chi connectivity index (χ4n) is 2.61. The lowest BCUT2D eigenvalue weighted by molar-refractivity contribution is 0.0136. The highest BCUT2D eigenvalue weighted by Gasteiger charge is 2.28. The third-order valence-electron chi connectivity index (χ3n) is 4.52. The van der Waals surface area contributed by atoms with Gasteiger partial charge in [-0.05, 0) is 24.5 Å². The van der Waals surface area contributed by atoms with Crippen LogP contribution in [0.2, 0.25) is 0 Å². The van der Waals surface area contributed by atoms with Gasteiger partial charge in [-0.2, -0.15) is 5.26 Å². The summed E-state index contributed by atoms with van der Waals surface area (Å²) in [5, 5.41) is 19.2. The van der Waals surface area contributed by atoms with Crippen molar-refractivity contribution in [1.82, 2.24) is 14.8 Å². The van der Waals surface area contributed by atoms with Crippen molar-refractivity contribution in [2.45, 2.75) is 33.8 Å². The van der Waals surface area contributed by atoms with Gasteiger partial charge in [0.1, 0.15) is 11.8 Å². The summed E-state index contributed by atoms with van der Waals surface area (Å²) in [5.74, 6) is -0.0985. The van der Waals surface area contributed by atoms with Crippen LogP contribution in [0, 0.1) is 23.7 Å². The first-order chi connectivity index (χ1) is 11.2. The maximum atomic E-state index is 12.6. The van der Waals surface area contributed by atoms with Crippen molar-refractivity contribution in [3.63, 3.8) is 0 Å². The molecule has 1 saturated heterocycles. The van der Waals surface area contributed by atoms with Crippen LogP contribution in [0.1, 0.15) is 42.5 Å². The Morgan fingerprint density at radius 3 is 2.46 bits per heavy atom. The Balaban J connectivity index is 1.93. The number of aromatic nitrogens is 1. The fourth-order valence-corrected chi connectivity index (χ4v) is 2.61. The molecule has 0 saturated carbocycles. The Morgan fingerprint density at radius 1 is 1.33 bits per heavy atom. The van der Waals surface area contributed by atoms with Gasteiger partial charge in [0.15, 0.2) is 0 Å².